The smallest absolute Gasteiger partial charge is 0.403 e. The quantitative estimate of drug-likeness (QED) is 0.171. The van der Waals surface area contributed by atoms with Crippen LogP contribution in [0.3, 0.4) is 0 Å². The van der Waals surface area contributed by atoms with Crippen LogP contribution in [0.25, 0.3) is 0 Å². The number of amides is 1. The molecule has 0 bridgehead atoms. The minimum atomic E-state index is -1.43. The average molecular weight is 216 g/mol. The Hall–Kier alpha value is -2.02. The standard InChI is InChI=1S/C8H6F2N2O3/c9-4-2-1-3-5(6(4)10)15-8(14)7(13)12-11/h1-3H,11H2,(H,12,13). The highest BCUT2D eigenvalue weighted by atomic mass is 19.2. The molecular weight excluding hydrogens is 210 g/mol. The Morgan fingerprint density at radius 2 is 2.00 bits per heavy atom. The fraction of sp³-hybridized carbons (Fsp3) is 0. The van der Waals surface area contributed by atoms with E-state index >= 15 is 0 Å². The second-order valence-electron chi connectivity index (χ2n) is 2.41. The van der Waals surface area contributed by atoms with Crippen molar-refractivity contribution in [1.82, 2.24) is 5.43 Å². The maximum absolute atomic E-state index is 12.9. The van der Waals surface area contributed by atoms with Gasteiger partial charge < -0.3 is 4.74 Å². The lowest BCUT2D eigenvalue weighted by Gasteiger charge is -2.03. The Kier molecular flexibility index (Phi) is 3.29. The van der Waals surface area contributed by atoms with E-state index in [9.17, 15) is 18.4 Å². The highest BCUT2D eigenvalue weighted by Gasteiger charge is 2.18. The first-order valence-corrected chi connectivity index (χ1v) is 3.73. The van der Waals surface area contributed by atoms with Crippen LogP contribution in [0.1, 0.15) is 0 Å². The zero-order chi connectivity index (χ0) is 11.4. The summed E-state index contributed by atoms with van der Waals surface area (Å²) in [5, 5.41) is 0. The van der Waals surface area contributed by atoms with Crippen molar-refractivity contribution < 1.29 is 23.1 Å². The van der Waals surface area contributed by atoms with Crippen LogP contribution in [0.5, 0.6) is 5.75 Å². The number of esters is 1. The van der Waals surface area contributed by atoms with Gasteiger partial charge in [-0.15, -0.1) is 0 Å². The van der Waals surface area contributed by atoms with Gasteiger partial charge in [-0.05, 0) is 12.1 Å². The van der Waals surface area contributed by atoms with Crippen molar-refractivity contribution in [1.29, 1.82) is 0 Å². The fourth-order valence-corrected chi connectivity index (χ4v) is 0.768. The maximum Gasteiger partial charge on any atom is 0.403 e. The molecule has 1 aromatic rings. The molecule has 1 amide bonds. The largest absolute Gasteiger partial charge is 0.416 e. The number of rotatable bonds is 1. The zero-order valence-corrected chi connectivity index (χ0v) is 7.29. The van der Waals surface area contributed by atoms with E-state index in [1.807, 2.05) is 0 Å². The van der Waals surface area contributed by atoms with Crippen molar-refractivity contribution in [3.05, 3.63) is 29.8 Å². The molecule has 15 heavy (non-hydrogen) atoms. The molecule has 80 valence electrons. The van der Waals surface area contributed by atoms with Crippen molar-refractivity contribution in [2.45, 2.75) is 0 Å². The molecule has 1 aromatic carbocycles. The van der Waals surface area contributed by atoms with Crippen molar-refractivity contribution in [2.24, 2.45) is 5.84 Å². The molecule has 0 aliphatic rings. The second kappa shape index (κ2) is 4.47. The van der Waals surface area contributed by atoms with Crippen LogP contribution in [0, 0.1) is 11.6 Å². The topological polar surface area (TPSA) is 81.4 Å². The summed E-state index contributed by atoms with van der Waals surface area (Å²) in [6, 6.07) is 2.97. The van der Waals surface area contributed by atoms with Crippen LogP contribution in [0.15, 0.2) is 18.2 Å². The predicted molar refractivity (Wildman–Crippen MR) is 44.3 cm³/mol. The van der Waals surface area contributed by atoms with E-state index in [0.717, 1.165) is 18.2 Å². The zero-order valence-electron chi connectivity index (χ0n) is 7.29. The summed E-state index contributed by atoms with van der Waals surface area (Å²) in [6.45, 7) is 0. The average Bonchev–Trinajstić information content (AvgIpc) is 2.23. The number of hydrogen-bond acceptors (Lipinski definition) is 4. The lowest BCUT2D eigenvalue weighted by molar-refractivity contribution is -0.148. The number of hydrazine groups is 1. The molecule has 3 N–H and O–H groups in total. The van der Waals surface area contributed by atoms with E-state index in [1.165, 1.54) is 5.43 Å². The molecule has 0 aliphatic carbocycles. The van der Waals surface area contributed by atoms with E-state index in [2.05, 4.69) is 10.6 Å². The highest BCUT2D eigenvalue weighted by Crippen LogP contribution is 2.18. The third-order valence-electron chi connectivity index (χ3n) is 1.44. The second-order valence-corrected chi connectivity index (χ2v) is 2.41. The van der Waals surface area contributed by atoms with Crippen LogP contribution in [0.2, 0.25) is 0 Å². The summed E-state index contributed by atoms with van der Waals surface area (Å²) < 4.78 is 29.8. The Morgan fingerprint density at radius 3 is 2.60 bits per heavy atom. The van der Waals surface area contributed by atoms with Crippen molar-refractivity contribution in [2.75, 3.05) is 0 Å². The van der Waals surface area contributed by atoms with Crippen molar-refractivity contribution >= 4 is 11.9 Å². The molecule has 0 saturated carbocycles. The normalized spacial score (nSPS) is 9.53. The first-order chi connectivity index (χ1) is 7.06. The van der Waals surface area contributed by atoms with E-state index in [-0.39, 0.29) is 0 Å². The highest BCUT2D eigenvalue weighted by molar-refractivity contribution is 6.32. The summed E-state index contributed by atoms with van der Waals surface area (Å²) in [5.74, 6) is -1.28. The van der Waals surface area contributed by atoms with E-state index < -0.39 is 29.3 Å². The number of benzene rings is 1. The van der Waals surface area contributed by atoms with E-state index in [0.29, 0.717) is 0 Å². The summed E-state index contributed by atoms with van der Waals surface area (Å²) in [7, 11) is 0. The molecule has 0 fully saturated rings. The first-order valence-electron chi connectivity index (χ1n) is 3.73. The fourth-order valence-electron chi connectivity index (χ4n) is 0.768. The molecule has 0 atom stereocenters. The van der Waals surface area contributed by atoms with Gasteiger partial charge in [0.25, 0.3) is 0 Å². The van der Waals surface area contributed by atoms with Gasteiger partial charge >= 0.3 is 11.9 Å². The van der Waals surface area contributed by atoms with Crippen LogP contribution in [-0.2, 0) is 9.59 Å². The molecular formula is C8H6F2N2O3. The number of carbonyl (C=O) groups excluding carboxylic acids is 2. The Balaban J connectivity index is 2.86. The molecule has 0 aliphatic heterocycles. The first kappa shape index (κ1) is 11.1. The van der Waals surface area contributed by atoms with Gasteiger partial charge in [0.1, 0.15) is 0 Å². The molecule has 7 heteroatoms. The Morgan fingerprint density at radius 1 is 1.33 bits per heavy atom. The molecule has 5 nitrogen and oxygen atoms in total. The number of carbonyl (C=O) groups is 2. The van der Waals surface area contributed by atoms with E-state index in [4.69, 9.17) is 0 Å². The maximum atomic E-state index is 12.9. The van der Waals surface area contributed by atoms with Crippen LogP contribution in [0.4, 0.5) is 8.78 Å². The van der Waals surface area contributed by atoms with Gasteiger partial charge in [-0.25, -0.2) is 15.0 Å². The molecule has 0 aromatic heterocycles. The Labute approximate surface area is 82.8 Å². The molecule has 0 radical (unpaired) electrons. The van der Waals surface area contributed by atoms with Crippen molar-refractivity contribution in [3.8, 4) is 5.75 Å². The van der Waals surface area contributed by atoms with Gasteiger partial charge in [0.15, 0.2) is 11.6 Å². The number of ether oxygens (including phenoxy) is 1. The van der Waals surface area contributed by atoms with Gasteiger partial charge in [-0.2, -0.15) is 4.39 Å². The molecule has 0 saturated heterocycles. The molecule has 1 rings (SSSR count). The summed E-state index contributed by atoms with van der Waals surface area (Å²) in [6.07, 6.45) is 0. The number of hydrogen-bond donors (Lipinski definition) is 2. The monoisotopic (exact) mass is 216 g/mol. The lowest BCUT2D eigenvalue weighted by atomic mass is 10.3. The van der Waals surface area contributed by atoms with Crippen LogP contribution >= 0.6 is 0 Å². The van der Waals surface area contributed by atoms with Crippen molar-refractivity contribution in [3.63, 3.8) is 0 Å². The van der Waals surface area contributed by atoms with Gasteiger partial charge in [0, 0.05) is 0 Å². The minimum absolute atomic E-state index is 0.677. The number of nitrogens with two attached hydrogens (primary N) is 1. The van der Waals surface area contributed by atoms with Crippen LogP contribution in [-0.4, -0.2) is 11.9 Å². The van der Waals surface area contributed by atoms with E-state index in [1.54, 1.807) is 0 Å². The third-order valence-corrected chi connectivity index (χ3v) is 1.44. The summed E-state index contributed by atoms with van der Waals surface area (Å²) in [4.78, 5) is 21.4. The van der Waals surface area contributed by atoms with Gasteiger partial charge in [0.2, 0.25) is 5.82 Å². The van der Waals surface area contributed by atoms with Crippen LogP contribution < -0.4 is 16.0 Å². The summed E-state index contributed by atoms with van der Waals surface area (Å²) >= 11 is 0. The third kappa shape index (κ3) is 2.47. The van der Waals surface area contributed by atoms with Gasteiger partial charge in [-0.1, -0.05) is 6.07 Å². The van der Waals surface area contributed by atoms with Gasteiger partial charge in [-0.3, -0.25) is 10.2 Å². The number of halogens is 2. The summed E-state index contributed by atoms with van der Waals surface area (Å²) in [5.41, 5.74) is 1.49. The number of nitrogens with one attached hydrogen (secondary N) is 1. The Bertz CT molecular complexity index is 409. The lowest BCUT2D eigenvalue weighted by Crippen LogP contribution is -2.38. The minimum Gasteiger partial charge on any atom is -0.416 e. The SMILES string of the molecule is NNC(=O)C(=O)Oc1cccc(F)c1F. The van der Waals surface area contributed by atoms with Gasteiger partial charge in [0.05, 0.1) is 0 Å². The molecule has 0 heterocycles. The molecule has 0 unspecified atom stereocenters. The predicted octanol–water partition coefficient (Wildman–Crippen LogP) is -0.140. The molecule has 0 spiro atoms.